The molecule has 0 aliphatic carbocycles. The van der Waals surface area contributed by atoms with Crippen LogP contribution in [0.15, 0.2) is 18.3 Å². The van der Waals surface area contributed by atoms with E-state index in [9.17, 15) is 9.90 Å². The lowest BCUT2D eigenvalue weighted by Gasteiger charge is -2.46. The van der Waals surface area contributed by atoms with E-state index in [0.29, 0.717) is 23.2 Å². The minimum Gasteiger partial charge on any atom is -0.396 e. The van der Waals surface area contributed by atoms with Crippen molar-refractivity contribution in [2.24, 2.45) is 5.92 Å². The highest BCUT2D eigenvalue weighted by molar-refractivity contribution is 5.94. The standard InChI is InChI=1S/C20H29N5O2/c1-23-8-10-24(11-9-23)19-6-7-25(15-17(19)3-2-12-26)20(27)16-4-5-18(13-21)22-14-16/h4-5,14,17,19,26H,2-3,6-12,15H2,1H3/t17-,19+/m0/s1. The number of aromatic nitrogens is 1. The van der Waals surface area contributed by atoms with E-state index in [4.69, 9.17) is 5.26 Å². The first-order valence-corrected chi connectivity index (χ1v) is 9.81. The average molecular weight is 371 g/mol. The summed E-state index contributed by atoms with van der Waals surface area (Å²) in [7, 11) is 2.16. The number of likely N-dealkylation sites (tertiary alicyclic amines) is 1. The molecule has 2 aliphatic heterocycles. The average Bonchev–Trinajstić information content (AvgIpc) is 2.72. The van der Waals surface area contributed by atoms with Crippen LogP contribution in [0.5, 0.6) is 0 Å². The lowest BCUT2D eigenvalue weighted by Crippen LogP contribution is -2.56. The van der Waals surface area contributed by atoms with E-state index in [2.05, 4.69) is 21.8 Å². The molecule has 146 valence electrons. The summed E-state index contributed by atoms with van der Waals surface area (Å²) in [5.74, 6) is 0.363. The van der Waals surface area contributed by atoms with Crippen LogP contribution in [0.25, 0.3) is 0 Å². The van der Waals surface area contributed by atoms with Crippen molar-refractivity contribution in [1.82, 2.24) is 19.7 Å². The van der Waals surface area contributed by atoms with Gasteiger partial charge in [0, 0.05) is 58.1 Å². The summed E-state index contributed by atoms with van der Waals surface area (Å²) in [5, 5.41) is 18.2. The summed E-state index contributed by atoms with van der Waals surface area (Å²) < 4.78 is 0. The maximum Gasteiger partial charge on any atom is 0.255 e. The van der Waals surface area contributed by atoms with Gasteiger partial charge in [0.2, 0.25) is 0 Å². The van der Waals surface area contributed by atoms with Crippen LogP contribution < -0.4 is 0 Å². The molecule has 0 spiro atoms. The van der Waals surface area contributed by atoms with E-state index in [-0.39, 0.29) is 12.5 Å². The number of hydrogen-bond donors (Lipinski definition) is 1. The first kappa shape index (κ1) is 19.7. The molecule has 2 aliphatic rings. The van der Waals surface area contributed by atoms with Crippen molar-refractivity contribution in [1.29, 1.82) is 5.26 Å². The number of aliphatic hydroxyl groups is 1. The predicted octanol–water partition coefficient (Wildman–Crippen LogP) is 0.804. The summed E-state index contributed by atoms with van der Waals surface area (Å²) in [5.41, 5.74) is 0.856. The summed E-state index contributed by atoms with van der Waals surface area (Å²) in [4.78, 5) is 23.7. The van der Waals surface area contributed by atoms with E-state index < -0.39 is 0 Å². The molecule has 0 aromatic carbocycles. The van der Waals surface area contributed by atoms with Gasteiger partial charge >= 0.3 is 0 Å². The molecule has 7 heteroatoms. The highest BCUT2D eigenvalue weighted by atomic mass is 16.3. The molecule has 1 aromatic rings. The molecule has 1 N–H and O–H groups in total. The molecule has 27 heavy (non-hydrogen) atoms. The van der Waals surface area contributed by atoms with Crippen LogP contribution >= 0.6 is 0 Å². The minimum atomic E-state index is -0.0159. The number of piperidine rings is 1. The van der Waals surface area contributed by atoms with E-state index in [0.717, 1.165) is 58.5 Å². The number of rotatable bonds is 5. The summed E-state index contributed by atoms with van der Waals surface area (Å²) in [6, 6.07) is 5.73. The third-order valence-corrected chi connectivity index (χ3v) is 5.85. The highest BCUT2D eigenvalue weighted by Gasteiger charge is 2.35. The molecular weight excluding hydrogens is 342 g/mol. The van der Waals surface area contributed by atoms with Gasteiger partial charge in [0.25, 0.3) is 5.91 Å². The second-order valence-electron chi connectivity index (χ2n) is 7.62. The van der Waals surface area contributed by atoms with Crippen molar-refractivity contribution >= 4 is 5.91 Å². The molecule has 1 aromatic heterocycles. The number of nitriles is 1. The smallest absolute Gasteiger partial charge is 0.255 e. The van der Waals surface area contributed by atoms with Gasteiger partial charge in [-0.1, -0.05) is 0 Å². The summed E-state index contributed by atoms with van der Waals surface area (Å²) >= 11 is 0. The lowest BCUT2D eigenvalue weighted by atomic mass is 9.86. The van der Waals surface area contributed by atoms with Gasteiger partial charge in [0.1, 0.15) is 11.8 Å². The zero-order valence-corrected chi connectivity index (χ0v) is 16.0. The van der Waals surface area contributed by atoms with Crippen LogP contribution in [-0.2, 0) is 0 Å². The maximum atomic E-state index is 12.9. The Bertz CT molecular complexity index is 664. The topological polar surface area (TPSA) is 83.7 Å². The van der Waals surface area contributed by atoms with Crippen LogP contribution in [-0.4, -0.2) is 89.7 Å². The van der Waals surface area contributed by atoms with E-state index in [1.165, 1.54) is 6.20 Å². The molecule has 2 atom stereocenters. The van der Waals surface area contributed by atoms with E-state index in [1.807, 2.05) is 11.0 Å². The van der Waals surface area contributed by atoms with Gasteiger partial charge in [0.15, 0.2) is 0 Å². The third-order valence-electron chi connectivity index (χ3n) is 5.85. The highest BCUT2D eigenvalue weighted by Crippen LogP contribution is 2.28. The van der Waals surface area contributed by atoms with Crippen molar-refractivity contribution in [3.63, 3.8) is 0 Å². The van der Waals surface area contributed by atoms with Crippen LogP contribution in [0.2, 0.25) is 0 Å². The summed E-state index contributed by atoms with van der Waals surface area (Å²) in [6.45, 7) is 5.97. The van der Waals surface area contributed by atoms with Crippen LogP contribution in [0.4, 0.5) is 0 Å². The SMILES string of the molecule is CN1CCN([C@@H]2CCN(C(=O)c3ccc(C#N)nc3)C[C@@H]2CCCO)CC1. The quantitative estimate of drug-likeness (QED) is 0.824. The molecule has 0 radical (unpaired) electrons. The number of carbonyl (C=O) groups is 1. The Morgan fingerprint density at radius 1 is 1.30 bits per heavy atom. The number of amides is 1. The van der Waals surface area contributed by atoms with Crippen LogP contribution in [0.1, 0.15) is 35.3 Å². The first-order valence-electron chi connectivity index (χ1n) is 9.81. The second-order valence-corrected chi connectivity index (χ2v) is 7.62. The first-order chi connectivity index (χ1) is 13.1. The summed E-state index contributed by atoms with van der Waals surface area (Å²) in [6.07, 6.45) is 4.17. The maximum absolute atomic E-state index is 12.9. The number of aliphatic hydroxyl groups excluding tert-OH is 1. The molecular formula is C20H29N5O2. The Balaban J connectivity index is 1.67. The van der Waals surface area contributed by atoms with Crippen molar-refractivity contribution < 1.29 is 9.90 Å². The van der Waals surface area contributed by atoms with Crippen molar-refractivity contribution in [3.8, 4) is 6.07 Å². The van der Waals surface area contributed by atoms with Gasteiger partial charge in [-0.2, -0.15) is 5.26 Å². The number of carbonyl (C=O) groups excluding carboxylic acids is 1. The zero-order chi connectivity index (χ0) is 19.2. The zero-order valence-electron chi connectivity index (χ0n) is 16.0. The molecule has 0 unspecified atom stereocenters. The Hall–Kier alpha value is -2.01. The fraction of sp³-hybridized carbons (Fsp3) is 0.650. The fourth-order valence-corrected chi connectivity index (χ4v) is 4.24. The number of nitrogens with zero attached hydrogens (tertiary/aromatic N) is 5. The Morgan fingerprint density at radius 3 is 2.70 bits per heavy atom. The fourth-order valence-electron chi connectivity index (χ4n) is 4.24. The molecule has 3 heterocycles. The minimum absolute atomic E-state index is 0.0159. The van der Waals surface area contributed by atoms with Gasteiger partial charge in [-0.25, -0.2) is 4.98 Å². The van der Waals surface area contributed by atoms with Gasteiger partial charge in [-0.15, -0.1) is 0 Å². The molecule has 2 fully saturated rings. The Labute approximate surface area is 161 Å². The van der Waals surface area contributed by atoms with Crippen molar-refractivity contribution in [2.45, 2.75) is 25.3 Å². The van der Waals surface area contributed by atoms with Gasteiger partial charge in [-0.05, 0) is 44.4 Å². The number of likely N-dealkylation sites (N-methyl/N-ethyl adjacent to an activating group) is 1. The molecule has 7 nitrogen and oxygen atoms in total. The Kier molecular flexibility index (Phi) is 6.78. The largest absolute Gasteiger partial charge is 0.396 e. The van der Waals surface area contributed by atoms with E-state index >= 15 is 0 Å². The second kappa shape index (κ2) is 9.27. The number of pyridine rings is 1. The van der Waals surface area contributed by atoms with Gasteiger partial charge in [0.05, 0.1) is 5.56 Å². The predicted molar refractivity (Wildman–Crippen MR) is 102 cm³/mol. The van der Waals surface area contributed by atoms with Gasteiger partial charge < -0.3 is 14.9 Å². The van der Waals surface area contributed by atoms with E-state index in [1.54, 1.807) is 12.1 Å². The normalized spacial score (nSPS) is 24.6. The van der Waals surface area contributed by atoms with Crippen molar-refractivity contribution in [3.05, 3.63) is 29.6 Å². The van der Waals surface area contributed by atoms with Crippen LogP contribution in [0, 0.1) is 17.2 Å². The molecule has 0 saturated carbocycles. The monoisotopic (exact) mass is 371 g/mol. The van der Waals surface area contributed by atoms with Crippen LogP contribution in [0.3, 0.4) is 0 Å². The molecule has 2 saturated heterocycles. The molecule has 0 bridgehead atoms. The Morgan fingerprint density at radius 2 is 2.07 bits per heavy atom. The van der Waals surface area contributed by atoms with Gasteiger partial charge in [-0.3, -0.25) is 9.69 Å². The lowest BCUT2D eigenvalue weighted by molar-refractivity contribution is 0.0217. The molecule has 1 amide bonds. The molecule has 3 rings (SSSR count). The third kappa shape index (κ3) is 4.83. The number of piperazine rings is 1. The number of hydrogen-bond acceptors (Lipinski definition) is 6. The van der Waals surface area contributed by atoms with Crippen molar-refractivity contribution in [2.75, 3.05) is 52.9 Å².